The lowest BCUT2D eigenvalue weighted by Crippen LogP contribution is -2.39. The van der Waals surface area contributed by atoms with E-state index in [0.717, 1.165) is 46.9 Å². The summed E-state index contributed by atoms with van der Waals surface area (Å²) < 4.78 is 16.3. The number of nitrogens with zero attached hydrogens (tertiary/aromatic N) is 1. The molecule has 4 rings (SSSR count). The number of piperidine rings is 1. The van der Waals surface area contributed by atoms with Crippen LogP contribution < -0.4 is 14.2 Å². The van der Waals surface area contributed by atoms with Crippen molar-refractivity contribution in [3.05, 3.63) is 89.5 Å². The van der Waals surface area contributed by atoms with Crippen LogP contribution in [-0.4, -0.2) is 56.9 Å². The average molecular weight is 500 g/mol. The highest BCUT2D eigenvalue weighted by Crippen LogP contribution is 2.40. The van der Waals surface area contributed by atoms with Crippen LogP contribution in [0.2, 0.25) is 0 Å². The van der Waals surface area contributed by atoms with Gasteiger partial charge in [0.1, 0.15) is 22.7 Å². The minimum atomic E-state index is -0.785. The minimum Gasteiger partial charge on any atom is -0.497 e. The molecule has 1 saturated heterocycles. The second-order valence-electron chi connectivity index (χ2n) is 9.15. The number of benzene rings is 3. The summed E-state index contributed by atoms with van der Waals surface area (Å²) in [5.74, 6) is 8.27. The van der Waals surface area contributed by atoms with Crippen molar-refractivity contribution in [2.75, 3.05) is 41.0 Å². The number of ether oxygens (including phenoxy) is 3. The number of aliphatic carboxylic acids is 1. The standard InChI is InChI=1S/C31H33NO5/c1-35-27-13-7-24(8-14-27)31(25-9-15-28(36-2)16-10-25,26-11-17-29(37-3)18-12-26)19-5-21-32-20-4-6-23(22-32)30(33)34/h7-18,23H,4,6,20-22H2,1-3H3,(H,33,34). The van der Waals surface area contributed by atoms with Crippen molar-refractivity contribution in [1.29, 1.82) is 0 Å². The molecule has 1 aliphatic heterocycles. The van der Waals surface area contributed by atoms with E-state index >= 15 is 0 Å². The van der Waals surface area contributed by atoms with Gasteiger partial charge in [0.25, 0.3) is 0 Å². The van der Waals surface area contributed by atoms with E-state index in [2.05, 4.69) is 16.7 Å². The normalized spacial score (nSPS) is 15.8. The van der Waals surface area contributed by atoms with Gasteiger partial charge in [0.2, 0.25) is 0 Å². The van der Waals surface area contributed by atoms with E-state index in [0.29, 0.717) is 19.5 Å². The Balaban J connectivity index is 1.84. The van der Waals surface area contributed by atoms with Crippen LogP contribution in [0.5, 0.6) is 17.2 Å². The van der Waals surface area contributed by atoms with Crippen LogP contribution in [0.4, 0.5) is 0 Å². The fourth-order valence-electron chi connectivity index (χ4n) is 4.92. The summed E-state index contributed by atoms with van der Waals surface area (Å²) in [6.07, 6.45) is 1.58. The van der Waals surface area contributed by atoms with Crippen LogP contribution in [0.1, 0.15) is 29.5 Å². The molecule has 0 amide bonds. The molecule has 0 aliphatic carbocycles. The lowest BCUT2D eigenvalue weighted by Gasteiger charge is -2.32. The summed E-state index contributed by atoms with van der Waals surface area (Å²) in [5.41, 5.74) is 2.21. The van der Waals surface area contributed by atoms with Crippen LogP contribution in [0, 0.1) is 17.8 Å². The van der Waals surface area contributed by atoms with Crippen molar-refractivity contribution in [2.45, 2.75) is 18.3 Å². The molecule has 6 heteroatoms. The number of rotatable bonds is 8. The van der Waals surface area contributed by atoms with Crippen molar-refractivity contribution >= 4 is 5.97 Å². The molecule has 1 N–H and O–H groups in total. The first-order valence-electron chi connectivity index (χ1n) is 12.4. The average Bonchev–Trinajstić information content (AvgIpc) is 2.96. The third-order valence-electron chi connectivity index (χ3n) is 7.00. The van der Waals surface area contributed by atoms with Crippen molar-refractivity contribution in [2.24, 2.45) is 5.92 Å². The Kier molecular flexibility index (Phi) is 8.37. The van der Waals surface area contributed by atoms with Gasteiger partial charge in [-0.2, -0.15) is 0 Å². The number of carboxylic acids is 1. The van der Waals surface area contributed by atoms with Gasteiger partial charge in [-0.1, -0.05) is 48.2 Å². The van der Waals surface area contributed by atoms with Gasteiger partial charge in [-0.25, -0.2) is 0 Å². The van der Waals surface area contributed by atoms with E-state index < -0.39 is 11.4 Å². The first-order chi connectivity index (χ1) is 18.0. The third kappa shape index (κ3) is 5.73. The fraction of sp³-hybridized carbons (Fsp3) is 0.323. The van der Waals surface area contributed by atoms with Crippen LogP contribution in [0.15, 0.2) is 72.8 Å². The zero-order valence-electron chi connectivity index (χ0n) is 21.6. The van der Waals surface area contributed by atoms with Crippen LogP contribution >= 0.6 is 0 Å². The van der Waals surface area contributed by atoms with Gasteiger partial charge in [0, 0.05) is 6.54 Å². The Labute approximate surface area is 218 Å². The zero-order chi connectivity index (χ0) is 26.3. The van der Waals surface area contributed by atoms with E-state index in [1.165, 1.54) is 0 Å². The maximum absolute atomic E-state index is 11.6. The van der Waals surface area contributed by atoms with Gasteiger partial charge in [-0.3, -0.25) is 9.69 Å². The number of likely N-dealkylation sites (tertiary alicyclic amines) is 1. The SMILES string of the molecule is COc1ccc(C(C#CCN2CCCC(C(=O)O)C2)(c2ccc(OC)cc2)c2ccc(OC)cc2)cc1. The molecular formula is C31H33NO5. The molecule has 0 bridgehead atoms. The van der Waals surface area contributed by atoms with Crippen LogP contribution in [-0.2, 0) is 10.2 Å². The maximum Gasteiger partial charge on any atom is 0.307 e. The van der Waals surface area contributed by atoms with E-state index in [9.17, 15) is 9.90 Å². The molecular weight excluding hydrogens is 466 g/mol. The summed E-state index contributed by atoms with van der Waals surface area (Å²) in [5, 5.41) is 9.49. The molecule has 192 valence electrons. The van der Waals surface area contributed by atoms with Gasteiger partial charge >= 0.3 is 5.97 Å². The molecule has 3 aromatic rings. The maximum atomic E-state index is 11.6. The molecule has 1 fully saturated rings. The molecule has 0 radical (unpaired) electrons. The summed E-state index contributed by atoms with van der Waals surface area (Å²) in [6, 6.07) is 23.9. The van der Waals surface area contributed by atoms with Crippen molar-refractivity contribution in [3.63, 3.8) is 0 Å². The molecule has 37 heavy (non-hydrogen) atoms. The molecule has 1 aliphatic rings. The van der Waals surface area contributed by atoms with Crippen LogP contribution in [0.3, 0.4) is 0 Å². The number of hydrogen-bond acceptors (Lipinski definition) is 5. The highest BCUT2D eigenvalue weighted by molar-refractivity contribution is 5.70. The first kappa shape index (κ1) is 26.1. The van der Waals surface area contributed by atoms with Gasteiger partial charge < -0.3 is 19.3 Å². The van der Waals surface area contributed by atoms with Gasteiger partial charge in [-0.15, -0.1) is 0 Å². The molecule has 0 spiro atoms. The van der Waals surface area contributed by atoms with Gasteiger partial charge in [0.15, 0.2) is 0 Å². The lowest BCUT2D eigenvalue weighted by molar-refractivity contribution is -0.143. The Hall–Kier alpha value is -3.95. The predicted octanol–water partition coefficient (Wildman–Crippen LogP) is 4.85. The molecule has 1 unspecified atom stereocenters. The van der Waals surface area contributed by atoms with Crippen molar-refractivity contribution in [3.8, 4) is 29.1 Å². The van der Waals surface area contributed by atoms with Crippen LogP contribution in [0.25, 0.3) is 0 Å². The second-order valence-corrected chi connectivity index (χ2v) is 9.15. The third-order valence-corrected chi connectivity index (χ3v) is 7.00. The zero-order valence-corrected chi connectivity index (χ0v) is 21.6. The number of carbonyl (C=O) groups is 1. The minimum absolute atomic E-state index is 0.343. The van der Waals surface area contributed by atoms with Crippen molar-refractivity contribution in [1.82, 2.24) is 4.90 Å². The summed E-state index contributed by atoms with van der Waals surface area (Å²) >= 11 is 0. The van der Waals surface area contributed by atoms with E-state index in [1.54, 1.807) is 21.3 Å². The Morgan fingerprint density at radius 2 is 1.27 bits per heavy atom. The smallest absolute Gasteiger partial charge is 0.307 e. The molecule has 1 atom stereocenters. The quantitative estimate of drug-likeness (QED) is 0.353. The Bertz CT molecular complexity index is 1120. The van der Waals surface area contributed by atoms with E-state index in [1.807, 2.05) is 72.8 Å². The van der Waals surface area contributed by atoms with E-state index in [-0.39, 0.29) is 5.92 Å². The largest absolute Gasteiger partial charge is 0.497 e. The van der Waals surface area contributed by atoms with Gasteiger partial charge in [-0.05, 0) is 72.5 Å². The first-order valence-corrected chi connectivity index (χ1v) is 12.4. The number of methoxy groups -OCH3 is 3. The second kappa shape index (κ2) is 11.9. The number of hydrogen-bond donors (Lipinski definition) is 1. The predicted molar refractivity (Wildman–Crippen MR) is 143 cm³/mol. The van der Waals surface area contributed by atoms with Crippen molar-refractivity contribution < 1.29 is 24.1 Å². The molecule has 1 heterocycles. The lowest BCUT2D eigenvalue weighted by atomic mass is 9.70. The Morgan fingerprint density at radius 3 is 1.65 bits per heavy atom. The number of carboxylic acid groups (broad SMARTS) is 1. The highest BCUT2D eigenvalue weighted by atomic mass is 16.5. The summed E-state index contributed by atoms with van der Waals surface area (Å²) in [4.78, 5) is 13.7. The summed E-state index contributed by atoms with van der Waals surface area (Å²) in [7, 11) is 4.95. The van der Waals surface area contributed by atoms with E-state index in [4.69, 9.17) is 14.2 Å². The Morgan fingerprint density at radius 1 is 0.838 bits per heavy atom. The monoisotopic (exact) mass is 499 g/mol. The highest BCUT2D eigenvalue weighted by Gasteiger charge is 2.35. The molecule has 0 aromatic heterocycles. The fourth-order valence-corrected chi connectivity index (χ4v) is 4.92. The molecule has 0 saturated carbocycles. The van der Waals surface area contributed by atoms with Gasteiger partial charge in [0.05, 0.1) is 33.8 Å². The molecule has 6 nitrogen and oxygen atoms in total. The molecule has 3 aromatic carbocycles. The summed E-state index contributed by atoms with van der Waals surface area (Å²) in [6.45, 7) is 1.86. The topological polar surface area (TPSA) is 68.2 Å².